The predicted octanol–water partition coefficient (Wildman–Crippen LogP) is 3.77. The molecule has 1 amide bonds. The van der Waals surface area contributed by atoms with Gasteiger partial charge in [-0.25, -0.2) is 4.98 Å². The van der Waals surface area contributed by atoms with Crippen molar-refractivity contribution in [2.75, 3.05) is 5.32 Å². The van der Waals surface area contributed by atoms with Crippen molar-refractivity contribution < 1.29 is 4.79 Å². The van der Waals surface area contributed by atoms with E-state index in [0.29, 0.717) is 4.88 Å². The van der Waals surface area contributed by atoms with Crippen LogP contribution in [0.15, 0.2) is 28.9 Å². The summed E-state index contributed by atoms with van der Waals surface area (Å²) >= 11 is 4.80. The van der Waals surface area contributed by atoms with Gasteiger partial charge in [-0.2, -0.15) is 0 Å². The van der Waals surface area contributed by atoms with Gasteiger partial charge in [-0.15, -0.1) is 11.3 Å². The summed E-state index contributed by atoms with van der Waals surface area (Å²) in [5, 5.41) is 3.75. The van der Waals surface area contributed by atoms with Crippen LogP contribution in [0, 0.1) is 13.8 Å². The number of carbonyl (C=O) groups is 1. The second kappa shape index (κ2) is 4.98. The maximum Gasteiger partial charge on any atom is 0.267 e. The zero-order valence-corrected chi connectivity index (χ0v) is 11.9. The van der Waals surface area contributed by atoms with E-state index in [9.17, 15) is 4.79 Å². The molecular formula is C12H11BrN2OS. The first kappa shape index (κ1) is 12.3. The fraction of sp³-hybridized carbons (Fsp3) is 0.167. The third-order valence-corrected chi connectivity index (χ3v) is 3.82. The fourth-order valence-corrected chi connectivity index (χ4v) is 2.40. The molecule has 0 saturated carbocycles. The Labute approximate surface area is 112 Å². The Hall–Kier alpha value is -1.20. The van der Waals surface area contributed by atoms with Crippen LogP contribution in [-0.2, 0) is 0 Å². The van der Waals surface area contributed by atoms with Gasteiger partial charge in [0.15, 0.2) is 0 Å². The molecule has 0 saturated heterocycles. The number of carbonyl (C=O) groups excluding carboxylic acids is 1. The van der Waals surface area contributed by atoms with Crippen LogP contribution in [0.4, 0.5) is 5.69 Å². The van der Waals surface area contributed by atoms with Crippen molar-refractivity contribution in [1.82, 2.24) is 4.98 Å². The van der Waals surface area contributed by atoms with Crippen molar-refractivity contribution in [2.45, 2.75) is 13.8 Å². The Morgan fingerprint density at radius 1 is 1.41 bits per heavy atom. The Kier molecular flexibility index (Phi) is 3.59. The van der Waals surface area contributed by atoms with Gasteiger partial charge in [0.25, 0.3) is 5.91 Å². The van der Waals surface area contributed by atoms with Gasteiger partial charge >= 0.3 is 0 Å². The fourth-order valence-electron chi connectivity index (χ4n) is 1.39. The largest absolute Gasteiger partial charge is 0.320 e. The quantitative estimate of drug-likeness (QED) is 0.917. The van der Waals surface area contributed by atoms with Crippen molar-refractivity contribution >= 4 is 38.9 Å². The molecular weight excluding hydrogens is 300 g/mol. The molecule has 3 nitrogen and oxygen atoms in total. The molecule has 88 valence electrons. The normalized spacial score (nSPS) is 10.3. The highest BCUT2D eigenvalue weighted by Gasteiger charge is 2.10. The minimum atomic E-state index is -0.123. The summed E-state index contributed by atoms with van der Waals surface area (Å²) in [6.45, 7) is 3.86. The first-order valence-corrected chi connectivity index (χ1v) is 6.67. The molecule has 1 N–H and O–H groups in total. The number of nitrogens with one attached hydrogen (secondary N) is 1. The highest BCUT2D eigenvalue weighted by Crippen LogP contribution is 2.24. The van der Waals surface area contributed by atoms with Gasteiger partial charge < -0.3 is 5.32 Å². The molecule has 2 aromatic rings. The minimum Gasteiger partial charge on any atom is -0.320 e. The van der Waals surface area contributed by atoms with Crippen LogP contribution in [0.1, 0.15) is 20.2 Å². The van der Waals surface area contributed by atoms with E-state index >= 15 is 0 Å². The summed E-state index contributed by atoms with van der Waals surface area (Å²) in [6.07, 6.45) is 1.60. The number of hydrogen-bond acceptors (Lipinski definition) is 3. The molecule has 0 aliphatic carbocycles. The molecule has 0 atom stereocenters. The number of amides is 1. The molecule has 1 heterocycles. The third-order valence-electron chi connectivity index (χ3n) is 2.22. The number of anilines is 1. The first-order valence-electron chi connectivity index (χ1n) is 5.06. The number of aromatic nitrogens is 1. The zero-order valence-electron chi connectivity index (χ0n) is 9.45. The number of thiazole rings is 1. The summed E-state index contributed by atoms with van der Waals surface area (Å²) in [5.41, 5.74) is 1.88. The Balaban J connectivity index is 2.21. The maximum absolute atomic E-state index is 11.9. The van der Waals surface area contributed by atoms with E-state index in [0.717, 1.165) is 20.7 Å². The second-order valence-electron chi connectivity index (χ2n) is 3.68. The van der Waals surface area contributed by atoms with Crippen LogP contribution in [0.2, 0.25) is 0 Å². The van der Waals surface area contributed by atoms with E-state index in [-0.39, 0.29) is 5.91 Å². The molecule has 0 radical (unpaired) electrons. The second-order valence-corrected chi connectivity index (χ2v) is 5.77. The van der Waals surface area contributed by atoms with Gasteiger partial charge in [0.1, 0.15) is 4.88 Å². The van der Waals surface area contributed by atoms with E-state index in [1.165, 1.54) is 11.3 Å². The van der Waals surface area contributed by atoms with Crippen LogP contribution in [0.25, 0.3) is 0 Å². The van der Waals surface area contributed by atoms with E-state index in [2.05, 4.69) is 26.2 Å². The van der Waals surface area contributed by atoms with E-state index in [1.807, 2.05) is 32.0 Å². The number of nitrogens with zero attached hydrogens (tertiary/aromatic N) is 1. The smallest absolute Gasteiger partial charge is 0.267 e. The molecule has 17 heavy (non-hydrogen) atoms. The van der Waals surface area contributed by atoms with E-state index in [4.69, 9.17) is 0 Å². The van der Waals surface area contributed by atoms with Crippen LogP contribution in [-0.4, -0.2) is 10.9 Å². The lowest BCUT2D eigenvalue weighted by molar-refractivity contribution is 0.103. The van der Waals surface area contributed by atoms with Gasteiger partial charge in [0.05, 0.1) is 16.9 Å². The molecule has 0 bridgehead atoms. The molecule has 0 aliphatic rings. The number of halogens is 1. The summed E-state index contributed by atoms with van der Waals surface area (Å²) < 4.78 is 0.873. The van der Waals surface area contributed by atoms with Gasteiger partial charge in [-0.05, 0) is 47.5 Å². The molecule has 1 aromatic heterocycles. The summed E-state index contributed by atoms with van der Waals surface area (Å²) in [7, 11) is 0. The number of benzene rings is 1. The predicted molar refractivity (Wildman–Crippen MR) is 73.7 cm³/mol. The topological polar surface area (TPSA) is 42.0 Å². The van der Waals surface area contributed by atoms with E-state index < -0.39 is 0 Å². The lowest BCUT2D eigenvalue weighted by atomic mass is 10.2. The van der Waals surface area contributed by atoms with Crippen LogP contribution < -0.4 is 5.32 Å². The molecule has 0 aliphatic heterocycles. The molecule has 0 unspecified atom stereocenters. The number of rotatable bonds is 2. The van der Waals surface area contributed by atoms with Crippen LogP contribution >= 0.6 is 27.3 Å². The third kappa shape index (κ3) is 2.92. The average Bonchev–Trinajstić information content (AvgIpc) is 2.70. The Morgan fingerprint density at radius 2 is 2.18 bits per heavy atom. The summed E-state index contributed by atoms with van der Waals surface area (Å²) in [6, 6.07) is 5.83. The maximum atomic E-state index is 11.9. The summed E-state index contributed by atoms with van der Waals surface area (Å²) in [5.74, 6) is -0.123. The van der Waals surface area contributed by atoms with Crippen LogP contribution in [0.3, 0.4) is 0 Å². The van der Waals surface area contributed by atoms with Crippen molar-refractivity contribution in [3.8, 4) is 0 Å². The standard InChI is InChI=1S/C12H11BrN2OS/c1-7-3-4-9(13)10(5-7)15-12(16)11-6-14-8(2)17-11/h3-6H,1-2H3,(H,15,16). The zero-order chi connectivity index (χ0) is 12.4. The highest BCUT2D eigenvalue weighted by molar-refractivity contribution is 9.10. The SMILES string of the molecule is Cc1ccc(Br)c(NC(=O)c2cnc(C)s2)c1. The Bertz CT molecular complexity index is 565. The van der Waals surface area contributed by atoms with Crippen molar-refractivity contribution in [1.29, 1.82) is 0 Å². The number of aryl methyl sites for hydroxylation is 2. The minimum absolute atomic E-state index is 0.123. The summed E-state index contributed by atoms with van der Waals surface area (Å²) in [4.78, 5) is 16.6. The lowest BCUT2D eigenvalue weighted by Gasteiger charge is -2.06. The average molecular weight is 311 g/mol. The molecule has 1 aromatic carbocycles. The van der Waals surface area contributed by atoms with Gasteiger partial charge in [-0.3, -0.25) is 4.79 Å². The molecule has 0 fully saturated rings. The number of hydrogen-bond donors (Lipinski definition) is 1. The van der Waals surface area contributed by atoms with E-state index in [1.54, 1.807) is 6.20 Å². The van der Waals surface area contributed by atoms with Crippen molar-refractivity contribution in [3.05, 3.63) is 44.3 Å². The molecule has 0 spiro atoms. The molecule has 2 rings (SSSR count). The van der Waals surface area contributed by atoms with Gasteiger partial charge in [-0.1, -0.05) is 6.07 Å². The van der Waals surface area contributed by atoms with Crippen molar-refractivity contribution in [3.63, 3.8) is 0 Å². The molecule has 5 heteroatoms. The first-order chi connectivity index (χ1) is 8.06. The monoisotopic (exact) mass is 310 g/mol. The van der Waals surface area contributed by atoms with Crippen LogP contribution in [0.5, 0.6) is 0 Å². The Morgan fingerprint density at radius 3 is 2.82 bits per heavy atom. The lowest BCUT2D eigenvalue weighted by Crippen LogP contribution is -2.10. The highest BCUT2D eigenvalue weighted by atomic mass is 79.9. The van der Waals surface area contributed by atoms with Crippen molar-refractivity contribution in [2.24, 2.45) is 0 Å². The van der Waals surface area contributed by atoms with Gasteiger partial charge in [0.2, 0.25) is 0 Å². The van der Waals surface area contributed by atoms with Gasteiger partial charge in [0, 0.05) is 4.47 Å².